The number of nitrogens with one attached hydrogen (secondary N) is 4. The predicted octanol–water partition coefficient (Wildman–Crippen LogP) is 6.98. The molecule has 0 saturated heterocycles. The van der Waals surface area contributed by atoms with Gasteiger partial charge in [-0.2, -0.15) is 0 Å². The molecule has 0 radical (unpaired) electrons. The standard InChI is InChI=1S/C33H30N6O4S.H2O/c1-33(2,3)43-32(42)39-27-12-5-4-11-26(27)37-30(41)22-15-13-21(14-16-22)29(40)35-24-9-6-10-25(18-24)36-31-38-28(20-44-31)23-8-7-17-34-19-23;/h4-20H,1-3H3,(H,35,40)(H,36,38)(H,37,41)(H,39,42);1H2. The van der Waals surface area contributed by atoms with Gasteiger partial charge in [-0.15, -0.1) is 11.3 Å². The van der Waals surface area contributed by atoms with Gasteiger partial charge in [-0.05, 0) is 87.5 Å². The van der Waals surface area contributed by atoms with E-state index in [1.165, 1.54) is 11.3 Å². The lowest BCUT2D eigenvalue weighted by molar-refractivity contribution is 0.0635. The summed E-state index contributed by atoms with van der Waals surface area (Å²) in [7, 11) is 0. The third kappa shape index (κ3) is 8.95. The van der Waals surface area contributed by atoms with Crippen LogP contribution in [0.5, 0.6) is 0 Å². The van der Waals surface area contributed by atoms with Crippen LogP contribution in [-0.2, 0) is 4.74 Å². The number of amides is 3. The Balaban J connectivity index is 0.00000461. The van der Waals surface area contributed by atoms with Crippen molar-refractivity contribution >= 4 is 57.1 Å². The fourth-order valence-electron chi connectivity index (χ4n) is 4.06. The van der Waals surface area contributed by atoms with Crippen LogP contribution in [0.1, 0.15) is 41.5 Å². The Hall–Kier alpha value is -5.59. The van der Waals surface area contributed by atoms with Crippen molar-refractivity contribution in [2.24, 2.45) is 0 Å². The predicted molar refractivity (Wildman–Crippen MR) is 177 cm³/mol. The largest absolute Gasteiger partial charge is 0.444 e. The first kappa shape index (κ1) is 32.3. The molecule has 45 heavy (non-hydrogen) atoms. The fraction of sp³-hybridized carbons (Fsp3) is 0.121. The first-order valence-corrected chi connectivity index (χ1v) is 14.6. The van der Waals surface area contributed by atoms with Gasteiger partial charge in [0.2, 0.25) is 0 Å². The highest BCUT2D eigenvalue weighted by molar-refractivity contribution is 7.14. The monoisotopic (exact) mass is 624 g/mol. The molecule has 2 aromatic heterocycles. The summed E-state index contributed by atoms with van der Waals surface area (Å²) in [4.78, 5) is 46.9. The molecule has 0 saturated carbocycles. The number of carbonyl (C=O) groups excluding carboxylic acids is 3. The molecule has 5 aromatic rings. The summed E-state index contributed by atoms with van der Waals surface area (Å²) in [5.74, 6) is -0.725. The van der Waals surface area contributed by atoms with E-state index in [0.717, 1.165) is 16.9 Å². The molecule has 0 aliphatic carbocycles. The number of pyridine rings is 1. The maximum absolute atomic E-state index is 13.0. The molecule has 0 atom stereocenters. The molecule has 0 aliphatic rings. The smallest absolute Gasteiger partial charge is 0.412 e. The van der Waals surface area contributed by atoms with E-state index < -0.39 is 17.6 Å². The molecule has 12 heteroatoms. The van der Waals surface area contributed by atoms with Crippen LogP contribution in [0, 0.1) is 0 Å². The van der Waals surface area contributed by atoms with Crippen LogP contribution in [0.2, 0.25) is 0 Å². The van der Waals surface area contributed by atoms with Gasteiger partial charge in [0.1, 0.15) is 5.60 Å². The van der Waals surface area contributed by atoms with Gasteiger partial charge in [0.05, 0.1) is 17.1 Å². The number of thiazole rings is 1. The van der Waals surface area contributed by atoms with E-state index in [4.69, 9.17) is 4.74 Å². The second-order valence-corrected chi connectivity index (χ2v) is 11.5. The van der Waals surface area contributed by atoms with Crippen molar-refractivity contribution in [3.05, 3.63) is 114 Å². The number of hydrogen-bond acceptors (Lipinski definition) is 8. The summed E-state index contributed by atoms with van der Waals surface area (Å²) in [6, 6.07) is 24.2. The van der Waals surface area contributed by atoms with Crippen molar-refractivity contribution in [2.75, 3.05) is 21.3 Å². The molecule has 0 bridgehead atoms. The maximum atomic E-state index is 13.0. The Labute approximate surface area is 264 Å². The summed E-state index contributed by atoms with van der Waals surface area (Å²) in [5.41, 5.74) is 3.99. The number of anilines is 5. The highest BCUT2D eigenvalue weighted by atomic mass is 32.1. The van der Waals surface area contributed by atoms with Crippen molar-refractivity contribution in [2.45, 2.75) is 26.4 Å². The molecule has 3 aromatic carbocycles. The zero-order valence-corrected chi connectivity index (χ0v) is 25.6. The summed E-state index contributed by atoms with van der Waals surface area (Å²) in [6.45, 7) is 5.30. The van der Waals surface area contributed by atoms with Crippen LogP contribution in [0.4, 0.5) is 32.7 Å². The maximum Gasteiger partial charge on any atom is 0.412 e. The quantitative estimate of drug-likeness (QED) is 0.145. The van der Waals surface area contributed by atoms with Crippen LogP contribution in [-0.4, -0.2) is 39.0 Å². The van der Waals surface area contributed by atoms with Crippen LogP contribution >= 0.6 is 11.3 Å². The Morgan fingerprint density at radius 1 is 0.756 bits per heavy atom. The van der Waals surface area contributed by atoms with Crippen molar-refractivity contribution in [3.63, 3.8) is 0 Å². The molecule has 6 N–H and O–H groups in total. The van der Waals surface area contributed by atoms with Crippen molar-refractivity contribution in [1.82, 2.24) is 9.97 Å². The normalized spacial score (nSPS) is 10.6. The molecule has 230 valence electrons. The Morgan fingerprint density at radius 3 is 2.04 bits per heavy atom. The molecule has 0 unspecified atom stereocenters. The van der Waals surface area contributed by atoms with Crippen LogP contribution in [0.15, 0.2) is 103 Å². The third-order valence-corrected chi connectivity index (χ3v) is 6.81. The zero-order chi connectivity index (χ0) is 31.1. The zero-order valence-electron chi connectivity index (χ0n) is 24.8. The number of para-hydroxylation sites is 2. The Morgan fingerprint density at radius 2 is 1.40 bits per heavy atom. The van der Waals surface area contributed by atoms with Gasteiger partial charge in [0.25, 0.3) is 11.8 Å². The average Bonchev–Trinajstić information content (AvgIpc) is 3.46. The van der Waals surface area contributed by atoms with E-state index in [9.17, 15) is 14.4 Å². The molecule has 3 amide bonds. The summed E-state index contributed by atoms with van der Waals surface area (Å²) in [6.07, 6.45) is 2.85. The summed E-state index contributed by atoms with van der Waals surface area (Å²) >= 11 is 1.47. The van der Waals surface area contributed by atoms with Gasteiger partial charge < -0.3 is 26.2 Å². The number of carbonyl (C=O) groups is 3. The van der Waals surface area contributed by atoms with Gasteiger partial charge >= 0.3 is 6.09 Å². The van der Waals surface area contributed by atoms with Gasteiger partial charge in [0, 0.05) is 45.8 Å². The minimum Gasteiger partial charge on any atom is -0.444 e. The van der Waals surface area contributed by atoms with Gasteiger partial charge in [-0.25, -0.2) is 9.78 Å². The van der Waals surface area contributed by atoms with Gasteiger partial charge in [0.15, 0.2) is 5.13 Å². The minimum atomic E-state index is -0.664. The van der Waals surface area contributed by atoms with Crippen molar-refractivity contribution < 1.29 is 24.6 Å². The lowest BCUT2D eigenvalue weighted by Crippen LogP contribution is -2.27. The highest BCUT2D eigenvalue weighted by Gasteiger charge is 2.18. The molecular formula is C33H32N6O5S. The van der Waals surface area contributed by atoms with Gasteiger partial charge in [-0.1, -0.05) is 18.2 Å². The number of benzene rings is 3. The van der Waals surface area contributed by atoms with Gasteiger partial charge in [-0.3, -0.25) is 19.9 Å². The number of nitrogens with zero attached hydrogens (tertiary/aromatic N) is 2. The van der Waals surface area contributed by atoms with E-state index in [-0.39, 0.29) is 11.4 Å². The van der Waals surface area contributed by atoms with Crippen molar-refractivity contribution in [3.8, 4) is 11.3 Å². The molecule has 5 rings (SSSR count). The van der Waals surface area contributed by atoms with E-state index >= 15 is 0 Å². The summed E-state index contributed by atoms with van der Waals surface area (Å²) < 4.78 is 5.31. The lowest BCUT2D eigenvalue weighted by Gasteiger charge is -2.20. The highest BCUT2D eigenvalue weighted by Crippen LogP contribution is 2.28. The summed E-state index contributed by atoms with van der Waals surface area (Å²) in [5, 5.41) is 14.3. The lowest BCUT2D eigenvalue weighted by atomic mass is 10.1. The topological polar surface area (TPSA) is 166 Å². The molecule has 0 spiro atoms. The van der Waals surface area contributed by atoms with Crippen molar-refractivity contribution in [1.29, 1.82) is 0 Å². The van der Waals surface area contributed by atoms with E-state index in [0.29, 0.717) is 33.3 Å². The Bertz CT molecular complexity index is 1790. The molecular weight excluding hydrogens is 592 g/mol. The average molecular weight is 625 g/mol. The van der Waals surface area contributed by atoms with E-state index in [1.54, 1.807) is 87.8 Å². The van der Waals surface area contributed by atoms with Crippen LogP contribution < -0.4 is 21.3 Å². The SMILES string of the molecule is CC(C)(C)OC(=O)Nc1ccccc1NC(=O)c1ccc(C(=O)Nc2cccc(Nc3nc(-c4cccnc4)cs3)c2)cc1.O. The number of ether oxygens (including phenoxy) is 1. The Kier molecular flexibility index (Phi) is 10.2. The molecule has 11 nitrogen and oxygen atoms in total. The van der Waals surface area contributed by atoms with Crippen LogP contribution in [0.25, 0.3) is 11.3 Å². The first-order chi connectivity index (χ1) is 21.1. The third-order valence-electron chi connectivity index (χ3n) is 6.05. The van der Waals surface area contributed by atoms with E-state index in [2.05, 4.69) is 31.2 Å². The fourth-order valence-corrected chi connectivity index (χ4v) is 4.80. The van der Waals surface area contributed by atoms with E-state index in [1.807, 2.05) is 35.7 Å². The molecule has 0 fully saturated rings. The second-order valence-electron chi connectivity index (χ2n) is 10.6. The number of hydrogen-bond donors (Lipinski definition) is 4. The molecule has 0 aliphatic heterocycles. The second kappa shape index (κ2) is 14.3. The van der Waals surface area contributed by atoms with Crippen LogP contribution in [0.3, 0.4) is 0 Å². The number of aromatic nitrogens is 2. The first-order valence-electron chi connectivity index (χ1n) is 13.7. The minimum absolute atomic E-state index is 0. The molecule has 2 heterocycles. The number of rotatable bonds is 8.